The zero-order valence-electron chi connectivity index (χ0n) is 8.32. The van der Waals surface area contributed by atoms with Gasteiger partial charge in [0.1, 0.15) is 0 Å². The Bertz CT molecular complexity index is 432. The van der Waals surface area contributed by atoms with Crippen LogP contribution in [0.5, 0.6) is 0 Å². The molecule has 1 rings (SSSR count). The minimum Gasteiger partial charge on any atom is -0.481 e. The summed E-state index contributed by atoms with van der Waals surface area (Å²) in [4.78, 5) is 10.6. The number of aryl methyl sites for hydroxylation is 1. The molecule has 0 saturated heterocycles. The van der Waals surface area contributed by atoms with Gasteiger partial charge < -0.3 is 10.2 Å². The van der Waals surface area contributed by atoms with Gasteiger partial charge in [-0.05, 0) is 35.7 Å². The molecule has 15 heavy (non-hydrogen) atoms. The van der Waals surface area contributed by atoms with Crippen LogP contribution in [-0.2, 0) is 17.8 Å². The highest BCUT2D eigenvalue weighted by Crippen LogP contribution is 2.18. The second-order valence-corrected chi connectivity index (χ2v) is 3.27. The maximum Gasteiger partial charge on any atom is 0.307 e. The molecule has 0 aliphatic heterocycles. The second kappa shape index (κ2) is 4.58. The summed E-state index contributed by atoms with van der Waals surface area (Å²) in [5, 5.41) is 26.5. The molecule has 1 aromatic rings. The third kappa shape index (κ3) is 2.55. The Morgan fingerprint density at radius 1 is 1.53 bits per heavy atom. The number of carbonyl (C=O) groups is 1. The number of rotatable bonds is 3. The molecule has 78 valence electrons. The predicted octanol–water partition coefficient (Wildman–Crippen LogP) is 0.986. The predicted molar refractivity (Wildman–Crippen MR) is 53.2 cm³/mol. The van der Waals surface area contributed by atoms with Gasteiger partial charge in [0.2, 0.25) is 0 Å². The van der Waals surface area contributed by atoms with Crippen molar-refractivity contribution in [3.8, 4) is 6.07 Å². The molecule has 0 heterocycles. The molecule has 0 unspecified atom stereocenters. The molecule has 0 aliphatic carbocycles. The van der Waals surface area contributed by atoms with Crippen molar-refractivity contribution in [2.75, 3.05) is 0 Å². The van der Waals surface area contributed by atoms with E-state index in [9.17, 15) is 4.79 Å². The zero-order valence-corrected chi connectivity index (χ0v) is 8.32. The quantitative estimate of drug-likeness (QED) is 0.770. The molecule has 0 bridgehead atoms. The van der Waals surface area contributed by atoms with Crippen molar-refractivity contribution in [1.82, 2.24) is 0 Å². The van der Waals surface area contributed by atoms with E-state index in [4.69, 9.17) is 15.5 Å². The largest absolute Gasteiger partial charge is 0.481 e. The summed E-state index contributed by atoms with van der Waals surface area (Å²) in [6.07, 6.45) is -0.132. The molecule has 1 aromatic carbocycles. The van der Waals surface area contributed by atoms with E-state index in [0.29, 0.717) is 16.7 Å². The molecule has 0 spiro atoms. The highest BCUT2D eigenvalue weighted by molar-refractivity contribution is 5.71. The van der Waals surface area contributed by atoms with Crippen molar-refractivity contribution in [2.45, 2.75) is 20.0 Å². The average Bonchev–Trinajstić information content (AvgIpc) is 2.20. The Morgan fingerprint density at radius 3 is 2.67 bits per heavy atom. The Kier molecular flexibility index (Phi) is 3.42. The Hall–Kier alpha value is -1.86. The van der Waals surface area contributed by atoms with E-state index in [-0.39, 0.29) is 13.0 Å². The minimum atomic E-state index is -0.947. The summed E-state index contributed by atoms with van der Waals surface area (Å²) >= 11 is 0. The molecular weight excluding hydrogens is 194 g/mol. The number of hydrogen-bond acceptors (Lipinski definition) is 3. The van der Waals surface area contributed by atoms with E-state index in [1.165, 1.54) is 6.07 Å². The van der Waals surface area contributed by atoms with E-state index in [0.717, 1.165) is 5.56 Å². The van der Waals surface area contributed by atoms with Crippen molar-refractivity contribution < 1.29 is 15.0 Å². The number of carboxylic acids is 1. The van der Waals surface area contributed by atoms with Crippen LogP contribution in [0.4, 0.5) is 0 Å². The van der Waals surface area contributed by atoms with Crippen molar-refractivity contribution in [2.24, 2.45) is 0 Å². The topological polar surface area (TPSA) is 81.3 Å². The zero-order chi connectivity index (χ0) is 11.4. The maximum absolute atomic E-state index is 10.6. The lowest BCUT2D eigenvalue weighted by Gasteiger charge is -2.09. The Labute approximate surface area is 87.4 Å². The van der Waals surface area contributed by atoms with E-state index < -0.39 is 5.97 Å². The first-order chi connectivity index (χ1) is 7.08. The summed E-state index contributed by atoms with van der Waals surface area (Å²) in [6.45, 7) is 1.48. The molecule has 4 heteroatoms. The number of aliphatic hydroxyl groups excluding tert-OH is 1. The standard InChI is InChI=1S/C11H11NO3/c1-7-2-8(5-12)3-9(6-13)10(7)4-11(14)15/h2-3,13H,4,6H2,1H3,(H,14,15). The van der Waals surface area contributed by atoms with Crippen LogP contribution in [0.25, 0.3) is 0 Å². The molecule has 0 atom stereocenters. The fourth-order valence-electron chi connectivity index (χ4n) is 1.50. The molecule has 0 saturated carbocycles. The van der Waals surface area contributed by atoms with Gasteiger partial charge in [0, 0.05) is 0 Å². The van der Waals surface area contributed by atoms with Crippen molar-refractivity contribution >= 4 is 5.97 Å². The molecule has 2 N–H and O–H groups in total. The highest BCUT2D eigenvalue weighted by atomic mass is 16.4. The Morgan fingerprint density at radius 2 is 2.20 bits per heavy atom. The van der Waals surface area contributed by atoms with Crippen molar-refractivity contribution in [1.29, 1.82) is 5.26 Å². The third-order valence-corrected chi connectivity index (χ3v) is 2.19. The summed E-state index contributed by atoms with van der Waals surface area (Å²) in [7, 11) is 0. The number of nitriles is 1. The first kappa shape index (κ1) is 11.2. The lowest BCUT2D eigenvalue weighted by molar-refractivity contribution is -0.136. The molecule has 0 radical (unpaired) electrons. The monoisotopic (exact) mass is 205 g/mol. The van der Waals surface area contributed by atoms with Gasteiger partial charge in [0.05, 0.1) is 24.7 Å². The molecule has 0 aromatic heterocycles. The van der Waals surface area contributed by atoms with Gasteiger partial charge in [0.25, 0.3) is 0 Å². The van der Waals surface area contributed by atoms with Gasteiger partial charge in [-0.25, -0.2) is 0 Å². The van der Waals surface area contributed by atoms with Crippen LogP contribution in [0.2, 0.25) is 0 Å². The Balaban J connectivity index is 3.25. The molecule has 0 amide bonds. The summed E-state index contributed by atoms with van der Waals surface area (Å²) in [6, 6.07) is 5.11. The van der Waals surface area contributed by atoms with Crippen LogP contribution in [0.3, 0.4) is 0 Å². The van der Waals surface area contributed by atoms with Gasteiger partial charge >= 0.3 is 5.97 Å². The lowest BCUT2D eigenvalue weighted by atomic mass is 9.97. The normalized spacial score (nSPS) is 9.67. The van der Waals surface area contributed by atoms with Crippen LogP contribution in [0, 0.1) is 18.3 Å². The van der Waals surface area contributed by atoms with Crippen LogP contribution in [-0.4, -0.2) is 16.2 Å². The van der Waals surface area contributed by atoms with Crippen molar-refractivity contribution in [3.63, 3.8) is 0 Å². The molecular formula is C11H11NO3. The van der Waals surface area contributed by atoms with Crippen LogP contribution < -0.4 is 0 Å². The van der Waals surface area contributed by atoms with E-state index >= 15 is 0 Å². The summed E-state index contributed by atoms with van der Waals surface area (Å²) < 4.78 is 0. The number of aliphatic carboxylic acids is 1. The molecule has 4 nitrogen and oxygen atoms in total. The number of carboxylic acid groups (broad SMARTS) is 1. The minimum absolute atomic E-state index is 0.132. The van der Waals surface area contributed by atoms with Crippen LogP contribution >= 0.6 is 0 Å². The van der Waals surface area contributed by atoms with E-state index in [2.05, 4.69) is 0 Å². The number of benzene rings is 1. The average molecular weight is 205 g/mol. The van der Waals surface area contributed by atoms with E-state index in [1.54, 1.807) is 13.0 Å². The number of hydrogen-bond donors (Lipinski definition) is 2. The first-order valence-corrected chi connectivity index (χ1v) is 4.43. The maximum atomic E-state index is 10.6. The van der Waals surface area contributed by atoms with Gasteiger partial charge in [-0.3, -0.25) is 4.79 Å². The fraction of sp³-hybridized carbons (Fsp3) is 0.273. The van der Waals surface area contributed by atoms with Gasteiger partial charge in [0.15, 0.2) is 0 Å². The van der Waals surface area contributed by atoms with Crippen LogP contribution in [0.1, 0.15) is 22.3 Å². The smallest absolute Gasteiger partial charge is 0.307 e. The van der Waals surface area contributed by atoms with Crippen LogP contribution in [0.15, 0.2) is 12.1 Å². The summed E-state index contributed by atoms with van der Waals surface area (Å²) in [5.74, 6) is -0.947. The summed E-state index contributed by atoms with van der Waals surface area (Å²) in [5.41, 5.74) is 2.25. The van der Waals surface area contributed by atoms with Crippen molar-refractivity contribution in [3.05, 3.63) is 34.4 Å². The molecule has 0 fully saturated rings. The lowest BCUT2D eigenvalue weighted by Crippen LogP contribution is -2.06. The third-order valence-electron chi connectivity index (χ3n) is 2.19. The second-order valence-electron chi connectivity index (χ2n) is 3.27. The molecule has 0 aliphatic rings. The van der Waals surface area contributed by atoms with Gasteiger partial charge in [-0.1, -0.05) is 0 Å². The van der Waals surface area contributed by atoms with Gasteiger partial charge in [-0.15, -0.1) is 0 Å². The SMILES string of the molecule is Cc1cc(C#N)cc(CO)c1CC(=O)O. The highest BCUT2D eigenvalue weighted by Gasteiger charge is 2.10. The van der Waals surface area contributed by atoms with E-state index in [1.807, 2.05) is 6.07 Å². The number of aliphatic hydroxyl groups is 1. The number of nitrogens with zero attached hydrogens (tertiary/aromatic N) is 1. The van der Waals surface area contributed by atoms with Gasteiger partial charge in [-0.2, -0.15) is 5.26 Å². The fourth-order valence-corrected chi connectivity index (χ4v) is 1.50. The first-order valence-electron chi connectivity index (χ1n) is 4.43.